The van der Waals surface area contributed by atoms with Gasteiger partial charge in [0.25, 0.3) is 0 Å². The maximum atomic E-state index is 11.6. The SMILES string of the molecule is CC(C)(C)OC(=O)N1C=CC=C(S)C1. The van der Waals surface area contributed by atoms with Crippen molar-refractivity contribution in [2.45, 2.75) is 26.4 Å². The summed E-state index contributed by atoms with van der Waals surface area (Å²) in [7, 11) is 0. The second-order valence-electron chi connectivity index (χ2n) is 4.11. The lowest BCUT2D eigenvalue weighted by atomic mass is 10.2. The van der Waals surface area contributed by atoms with Gasteiger partial charge in [-0.25, -0.2) is 4.79 Å². The van der Waals surface area contributed by atoms with E-state index in [4.69, 9.17) is 4.74 Å². The highest BCUT2D eigenvalue weighted by atomic mass is 32.1. The van der Waals surface area contributed by atoms with Gasteiger partial charge in [-0.15, -0.1) is 12.6 Å². The van der Waals surface area contributed by atoms with Gasteiger partial charge < -0.3 is 4.74 Å². The Balaban J connectivity index is 2.56. The minimum atomic E-state index is -0.456. The Kier molecular flexibility index (Phi) is 3.26. The van der Waals surface area contributed by atoms with Crippen molar-refractivity contribution in [3.63, 3.8) is 0 Å². The van der Waals surface area contributed by atoms with Gasteiger partial charge in [-0.1, -0.05) is 0 Å². The number of carbonyl (C=O) groups excluding carboxylic acids is 1. The Labute approximate surface area is 89.8 Å². The van der Waals surface area contributed by atoms with Crippen molar-refractivity contribution >= 4 is 18.7 Å². The van der Waals surface area contributed by atoms with Gasteiger partial charge in [0.2, 0.25) is 0 Å². The van der Waals surface area contributed by atoms with Crippen molar-refractivity contribution < 1.29 is 9.53 Å². The van der Waals surface area contributed by atoms with Crippen LogP contribution in [0.4, 0.5) is 4.79 Å². The van der Waals surface area contributed by atoms with Crippen LogP contribution < -0.4 is 0 Å². The van der Waals surface area contributed by atoms with Gasteiger partial charge in [0.1, 0.15) is 5.60 Å². The lowest BCUT2D eigenvalue weighted by molar-refractivity contribution is 0.0349. The van der Waals surface area contributed by atoms with E-state index in [-0.39, 0.29) is 6.09 Å². The average molecular weight is 213 g/mol. The molecule has 4 heteroatoms. The smallest absolute Gasteiger partial charge is 0.414 e. The van der Waals surface area contributed by atoms with Crippen LogP contribution in [-0.4, -0.2) is 23.1 Å². The highest BCUT2D eigenvalue weighted by Gasteiger charge is 2.21. The van der Waals surface area contributed by atoms with Crippen LogP contribution in [0.1, 0.15) is 20.8 Å². The van der Waals surface area contributed by atoms with E-state index < -0.39 is 5.60 Å². The zero-order valence-corrected chi connectivity index (χ0v) is 9.54. The number of allylic oxidation sites excluding steroid dienone is 2. The second kappa shape index (κ2) is 4.09. The first-order chi connectivity index (χ1) is 6.38. The van der Waals surface area contributed by atoms with Gasteiger partial charge in [-0.3, -0.25) is 4.90 Å². The minimum Gasteiger partial charge on any atom is -0.443 e. The van der Waals surface area contributed by atoms with E-state index >= 15 is 0 Å². The fourth-order valence-electron chi connectivity index (χ4n) is 0.984. The van der Waals surface area contributed by atoms with E-state index in [9.17, 15) is 4.79 Å². The summed E-state index contributed by atoms with van der Waals surface area (Å²) >= 11 is 4.19. The third-order valence-corrected chi connectivity index (χ3v) is 1.81. The second-order valence-corrected chi connectivity index (χ2v) is 4.68. The number of hydrogen-bond donors (Lipinski definition) is 1. The molecule has 0 saturated carbocycles. The van der Waals surface area contributed by atoms with Gasteiger partial charge in [-0.2, -0.15) is 0 Å². The molecule has 0 saturated heterocycles. The fourth-order valence-corrected chi connectivity index (χ4v) is 1.22. The van der Waals surface area contributed by atoms with Crippen LogP contribution in [0.5, 0.6) is 0 Å². The van der Waals surface area contributed by atoms with Gasteiger partial charge >= 0.3 is 6.09 Å². The average Bonchev–Trinajstić information content (AvgIpc) is 2.01. The molecule has 0 spiro atoms. The number of rotatable bonds is 0. The van der Waals surface area contributed by atoms with E-state index in [1.54, 1.807) is 12.3 Å². The largest absolute Gasteiger partial charge is 0.443 e. The molecular formula is C10H15NO2S. The first kappa shape index (κ1) is 11.2. The third kappa shape index (κ3) is 3.46. The van der Waals surface area contributed by atoms with Crippen molar-refractivity contribution in [1.82, 2.24) is 4.90 Å². The highest BCUT2D eigenvalue weighted by Crippen LogP contribution is 2.15. The lowest BCUT2D eigenvalue weighted by Gasteiger charge is -2.26. The third-order valence-electron chi connectivity index (χ3n) is 1.51. The van der Waals surface area contributed by atoms with Crippen molar-refractivity contribution in [2.75, 3.05) is 6.54 Å². The molecule has 1 amide bonds. The Hall–Kier alpha value is -0.900. The summed E-state index contributed by atoms with van der Waals surface area (Å²) in [5.41, 5.74) is -0.456. The monoisotopic (exact) mass is 213 g/mol. The van der Waals surface area contributed by atoms with Crippen LogP contribution in [0.3, 0.4) is 0 Å². The summed E-state index contributed by atoms with van der Waals surface area (Å²) in [6.07, 6.45) is 4.97. The first-order valence-corrected chi connectivity index (χ1v) is 4.89. The summed E-state index contributed by atoms with van der Waals surface area (Å²) in [6, 6.07) is 0. The number of hydrogen-bond acceptors (Lipinski definition) is 3. The summed E-state index contributed by atoms with van der Waals surface area (Å²) in [5, 5.41) is 0. The topological polar surface area (TPSA) is 29.5 Å². The van der Waals surface area contributed by atoms with Crippen LogP contribution in [0, 0.1) is 0 Å². The van der Waals surface area contributed by atoms with Crippen LogP contribution in [-0.2, 0) is 4.74 Å². The van der Waals surface area contributed by atoms with Crippen LogP contribution in [0.25, 0.3) is 0 Å². The highest BCUT2D eigenvalue weighted by molar-refractivity contribution is 7.84. The molecule has 0 bridgehead atoms. The molecule has 0 radical (unpaired) electrons. The van der Waals surface area contributed by atoms with Gasteiger partial charge in [0.15, 0.2) is 0 Å². The molecule has 1 rings (SSSR count). The van der Waals surface area contributed by atoms with Crippen LogP contribution in [0.15, 0.2) is 23.3 Å². The van der Waals surface area contributed by atoms with Crippen LogP contribution >= 0.6 is 12.6 Å². The summed E-state index contributed by atoms with van der Waals surface area (Å²) in [4.78, 5) is 13.9. The van der Waals surface area contributed by atoms with E-state index in [0.29, 0.717) is 6.54 Å². The van der Waals surface area contributed by atoms with Crippen molar-refractivity contribution in [3.05, 3.63) is 23.3 Å². The lowest BCUT2D eigenvalue weighted by Crippen LogP contribution is -2.34. The summed E-state index contributed by atoms with van der Waals surface area (Å²) < 4.78 is 5.20. The van der Waals surface area contributed by atoms with E-state index in [1.165, 1.54) is 4.90 Å². The van der Waals surface area contributed by atoms with Crippen molar-refractivity contribution in [1.29, 1.82) is 0 Å². The molecule has 14 heavy (non-hydrogen) atoms. The number of amides is 1. The Morgan fingerprint density at radius 3 is 2.71 bits per heavy atom. The molecule has 0 unspecified atom stereocenters. The number of ether oxygens (including phenoxy) is 1. The maximum absolute atomic E-state index is 11.6. The van der Waals surface area contributed by atoms with E-state index in [2.05, 4.69) is 12.6 Å². The Bertz CT molecular complexity index is 289. The number of nitrogens with zero attached hydrogens (tertiary/aromatic N) is 1. The molecule has 0 aliphatic carbocycles. The van der Waals surface area contributed by atoms with E-state index in [1.807, 2.05) is 26.8 Å². The number of thiol groups is 1. The number of carbonyl (C=O) groups is 1. The molecule has 1 heterocycles. The fraction of sp³-hybridized carbons (Fsp3) is 0.500. The molecule has 0 aromatic rings. The molecule has 0 aromatic carbocycles. The normalized spacial score (nSPS) is 16.6. The molecule has 1 aliphatic heterocycles. The molecule has 3 nitrogen and oxygen atoms in total. The van der Waals surface area contributed by atoms with Gasteiger partial charge in [0.05, 0.1) is 6.54 Å². The molecule has 0 aromatic heterocycles. The standard InChI is InChI=1S/C10H15NO2S/c1-10(2,3)13-9(12)11-6-4-5-8(14)7-11/h4-6,14H,7H2,1-3H3. The zero-order valence-electron chi connectivity index (χ0n) is 8.65. The molecular weight excluding hydrogens is 198 g/mol. The van der Waals surface area contributed by atoms with Crippen molar-refractivity contribution in [2.24, 2.45) is 0 Å². The molecule has 0 fully saturated rings. The van der Waals surface area contributed by atoms with Crippen molar-refractivity contribution in [3.8, 4) is 0 Å². The zero-order chi connectivity index (χ0) is 10.8. The first-order valence-electron chi connectivity index (χ1n) is 4.44. The quantitative estimate of drug-likeness (QED) is 0.627. The Morgan fingerprint density at radius 1 is 1.57 bits per heavy atom. The van der Waals surface area contributed by atoms with E-state index in [0.717, 1.165) is 4.91 Å². The predicted molar refractivity (Wildman–Crippen MR) is 59.1 cm³/mol. The predicted octanol–water partition coefficient (Wildman–Crippen LogP) is 2.56. The summed E-state index contributed by atoms with van der Waals surface area (Å²) in [6.45, 7) is 6.01. The molecule has 0 atom stereocenters. The maximum Gasteiger partial charge on any atom is 0.414 e. The summed E-state index contributed by atoms with van der Waals surface area (Å²) in [5.74, 6) is 0. The molecule has 78 valence electrons. The van der Waals surface area contributed by atoms with Crippen LogP contribution in [0.2, 0.25) is 0 Å². The van der Waals surface area contributed by atoms with Gasteiger partial charge in [-0.05, 0) is 32.9 Å². The molecule has 1 aliphatic rings. The Morgan fingerprint density at radius 2 is 2.21 bits per heavy atom. The molecule has 0 N–H and O–H groups in total. The minimum absolute atomic E-state index is 0.339. The van der Waals surface area contributed by atoms with Gasteiger partial charge in [0, 0.05) is 11.1 Å².